The van der Waals surface area contributed by atoms with Gasteiger partial charge in [0.2, 0.25) is 10.0 Å². The number of sulfonamides is 1. The third kappa shape index (κ3) is 1.58. The van der Waals surface area contributed by atoms with E-state index in [1.54, 1.807) is 0 Å². The van der Waals surface area contributed by atoms with Crippen LogP contribution in [0.25, 0.3) is 0 Å². The molecule has 82 valence electrons. The summed E-state index contributed by atoms with van der Waals surface area (Å²) in [5.74, 6) is 1.90. The Morgan fingerprint density at radius 3 is 2.43 bits per heavy atom. The highest BCUT2D eigenvalue weighted by Crippen LogP contribution is 2.61. The first-order valence-electron chi connectivity index (χ1n) is 5.31. The van der Waals surface area contributed by atoms with E-state index >= 15 is 0 Å². The molecule has 3 aliphatic rings. The summed E-state index contributed by atoms with van der Waals surface area (Å²) in [6, 6.07) is 0. The minimum Gasteiger partial charge on any atom is -0.229 e. The molecule has 2 N–H and O–H groups in total. The summed E-state index contributed by atoms with van der Waals surface area (Å²) in [6.07, 6.45) is 3.45. The molecule has 0 amide bonds. The zero-order chi connectivity index (χ0) is 10.6. The van der Waals surface area contributed by atoms with Gasteiger partial charge in [-0.2, -0.15) is 0 Å². The Labute approximate surface area is 86.1 Å². The molecule has 0 aliphatic heterocycles. The van der Waals surface area contributed by atoms with Crippen molar-refractivity contribution in [3.8, 4) is 0 Å². The molecule has 3 rings (SSSR count). The van der Waals surface area contributed by atoms with Gasteiger partial charge in [-0.3, -0.25) is 0 Å². The zero-order valence-corrected chi connectivity index (χ0v) is 9.68. The van der Waals surface area contributed by atoms with Crippen molar-refractivity contribution in [1.82, 2.24) is 0 Å². The average Bonchev–Trinajstić information content (AvgIpc) is 2.00. The van der Waals surface area contributed by atoms with Crippen LogP contribution in [0.3, 0.4) is 0 Å². The first-order valence-corrected chi connectivity index (χ1v) is 7.03. The summed E-state index contributed by atoms with van der Waals surface area (Å²) in [5, 5.41) is 5.11. The maximum atomic E-state index is 11.1. The van der Waals surface area contributed by atoms with Crippen molar-refractivity contribution in [1.29, 1.82) is 0 Å². The zero-order valence-electron chi connectivity index (χ0n) is 8.86. The normalized spacial score (nSPS) is 40.4. The molecule has 0 aromatic heterocycles. The summed E-state index contributed by atoms with van der Waals surface area (Å²) in [4.78, 5) is 0. The first kappa shape index (κ1) is 10.4. The Balaban J connectivity index is 2.08. The van der Waals surface area contributed by atoms with Gasteiger partial charge >= 0.3 is 0 Å². The number of hydrogen-bond acceptors (Lipinski definition) is 2. The van der Waals surface area contributed by atoms with Gasteiger partial charge < -0.3 is 0 Å². The number of rotatable bonds is 2. The quantitative estimate of drug-likeness (QED) is 0.759. The van der Waals surface area contributed by atoms with Crippen LogP contribution >= 0.6 is 0 Å². The second-order valence-corrected chi connectivity index (χ2v) is 7.19. The van der Waals surface area contributed by atoms with Crippen molar-refractivity contribution >= 4 is 10.0 Å². The Morgan fingerprint density at radius 2 is 2.00 bits per heavy atom. The van der Waals surface area contributed by atoms with Crippen LogP contribution in [0.5, 0.6) is 0 Å². The van der Waals surface area contributed by atoms with Crippen molar-refractivity contribution in [2.24, 2.45) is 28.3 Å². The van der Waals surface area contributed by atoms with Gasteiger partial charge in [-0.05, 0) is 42.4 Å². The van der Waals surface area contributed by atoms with Gasteiger partial charge in [0, 0.05) is 0 Å². The molecule has 0 heterocycles. The fourth-order valence-electron chi connectivity index (χ4n) is 3.46. The number of fused-ring (bicyclic) bond motifs is 2. The molecule has 0 radical (unpaired) electrons. The van der Waals surface area contributed by atoms with Crippen LogP contribution in [-0.4, -0.2) is 14.2 Å². The second-order valence-electron chi connectivity index (χ2n) is 5.53. The molecule has 14 heavy (non-hydrogen) atoms. The molecule has 0 saturated heterocycles. The van der Waals surface area contributed by atoms with E-state index in [1.807, 2.05) is 0 Å². The Hall–Kier alpha value is -0.0900. The Morgan fingerprint density at radius 1 is 1.36 bits per heavy atom. The minimum absolute atomic E-state index is 0.188. The highest BCUT2D eigenvalue weighted by molar-refractivity contribution is 7.89. The van der Waals surface area contributed by atoms with Crippen molar-refractivity contribution < 1.29 is 8.42 Å². The molecule has 0 aromatic rings. The first-order chi connectivity index (χ1) is 6.31. The third-order valence-electron chi connectivity index (χ3n) is 4.45. The van der Waals surface area contributed by atoms with Crippen molar-refractivity contribution in [3.63, 3.8) is 0 Å². The fraction of sp³-hybridized carbons (Fsp3) is 1.00. The summed E-state index contributed by atoms with van der Waals surface area (Å²) >= 11 is 0. The monoisotopic (exact) mass is 217 g/mol. The molecular formula is C10H19NO2S. The fourth-order valence-corrected chi connectivity index (χ4v) is 4.46. The van der Waals surface area contributed by atoms with E-state index in [9.17, 15) is 8.42 Å². The largest absolute Gasteiger partial charge is 0.229 e. The van der Waals surface area contributed by atoms with Gasteiger partial charge in [0.1, 0.15) is 0 Å². The Kier molecular flexibility index (Phi) is 2.20. The maximum Gasteiger partial charge on any atom is 0.209 e. The predicted octanol–water partition coefficient (Wildman–Crippen LogP) is 1.35. The number of nitrogens with two attached hydrogens (primary N) is 1. The third-order valence-corrected chi connectivity index (χ3v) is 5.34. The van der Waals surface area contributed by atoms with Gasteiger partial charge in [-0.15, -0.1) is 0 Å². The van der Waals surface area contributed by atoms with E-state index < -0.39 is 10.0 Å². The van der Waals surface area contributed by atoms with Crippen LogP contribution in [0.1, 0.15) is 33.1 Å². The number of primary sulfonamides is 1. The topological polar surface area (TPSA) is 60.2 Å². The van der Waals surface area contributed by atoms with E-state index in [0.29, 0.717) is 17.3 Å². The summed E-state index contributed by atoms with van der Waals surface area (Å²) in [5.41, 5.74) is 0.355. The lowest BCUT2D eigenvalue weighted by atomic mass is 9.46. The predicted molar refractivity (Wildman–Crippen MR) is 56.1 cm³/mol. The van der Waals surface area contributed by atoms with Crippen LogP contribution < -0.4 is 5.14 Å². The van der Waals surface area contributed by atoms with Crippen molar-refractivity contribution in [2.45, 2.75) is 33.1 Å². The molecule has 0 spiro atoms. The minimum atomic E-state index is -3.28. The number of hydrogen-bond donors (Lipinski definition) is 1. The average molecular weight is 217 g/mol. The van der Waals surface area contributed by atoms with Gasteiger partial charge in [-0.1, -0.05) is 13.8 Å². The van der Waals surface area contributed by atoms with Crippen molar-refractivity contribution in [2.75, 3.05) is 5.75 Å². The highest BCUT2D eigenvalue weighted by Gasteiger charge is 2.54. The molecule has 3 saturated carbocycles. The molecule has 0 unspecified atom stereocenters. The highest BCUT2D eigenvalue weighted by atomic mass is 32.2. The molecule has 3 aliphatic carbocycles. The van der Waals surface area contributed by atoms with E-state index in [-0.39, 0.29) is 5.75 Å². The Bertz CT molecular complexity index is 332. The van der Waals surface area contributed by atoms with E-state index in [1.165, 1.54) is 12.8 Å². The van der Waals surface area contributed by atoms with Gasteiger partial charge in [-0.25, -0.2) is 13.6 Å². The van der Waals surface area contributed by atoms with Crippen molar-refractivity contribution in [3.05, 3.63) is 0 Å². The van der Waals surface area contributed by atoms with Crippen LogP contribution in [0.15, 0.2) is 0 Å². The van der Waals surface area contributed by atoms with Gasteiger partial charge in [0.05, 0.1) is 5.75 Å². The lowest BCUT2D eigenvalue weighted by Crippen LogP contribution is -2.54. The molecule has 3 atom stereocenters. The lowest BCUT2D eigenvalue weighted by molar-refractivity contribution is -0.0977. The van der Waals surface area contributed by atoms with E-state index in [0.717, 1.165) is 12.3 Å². The lowest BCUT2D eigenvalue weighted by Gasteiger charge is -2.60. The van der Waals surface area contributed by atoms with Crippen LogP contribution in [-0.2, 0) is 10.0 Å². The van der Waals surface area contributed by atoms with E-state index in [4.69, 9.17) is 5.14 Å². The second kappa shape index (κ2) is 2.95. The van der Waals surface area contributed by atoms with Crippen LogP contribution in [0, 0.1) is 23.2 Å². The maximum absolute atomic E-state index is 11.1. The summed E-state index contributed by atoms with van der Waals surface area (Å²) in [7, 11) is -3.28. The standard InChI is InChI=1S/C10H19NO2S/c1-10(2)8-4-3-7(9(10)5-8)6-14(11,12)13/h7-9H,3-6H2,1-2H3,(H2,11,12,13)/t7-,8+,9+/m1/s1. The molecule has 4 heteroatoms. The SMILES string of the molecule is CC1(C)[C@H]2CC[C@H](CS(N)(=O)=O)[C@@H]1C2. The molecule has 0 aromatic carbocycles. The van der Waals surface area contributed by atoms with E-state index in [2.05, 4.69) is 13.8 Å². The molecular weight excluding hydrogens is 198 g/mol. The van der Waals surface area contributed by atoms with Crippen LogP contribution in [0.4, 0.5) is 0 Å². The summed E-state index contributed by atoms with van der Waals surface area (Å²) in [6.45, 7) is 4.53. The van der Waals surface area contributed by atoms with Gasteiger partial charge in [0.25, 0.3) is 0 Å². The summed E-state index contributed by atoms with van der Waals surface area (Å²) < 4.78 is 22.1. The van der Waals surface area contributed by atoms with Crippen LogP contribution in [0.2, 0.25) is 0 Å². The molecule has 3 nitrogen and oxygen atoms in total. The molecule has 2 bridgehead atoms. The van der Waals surface area contributed by atoms with Gasteiger partial charge in [0.15, 0.2) is 0 Å². The smallest absolute Gasteiger partial charge is 0.209 e. The molecule has 3 fully saturated rings.